The Labute approximate surface area is 245 Å². The lowest BCUT2D eigenvalue weighted by Gasteiger charge is -2.24. The number of ether oxygens (including phenoxy) is 5. The molecule has 42 heavy (non-hydrogen) atoms. The minimum atomic E-state index is -1.01. The molecule has 224 valence electrons. The second-order valence-electron chi connectivity index (χ2n) is 11.2. The van der Waals surface area contributed by atoms with E-state index >= 15 is 8.78 Å². The minimum Gasteiger partial charge on any atom is -0.492 e. The lowest BCUT2D eigenvalue weighted by molar-refractivity contribution is -0.141. The van der Waals surface area contributed by atoms with Crippen LogP contribution in [0, 0.1) is 13.8 Å². The summed E-state index contributed by atoms with van der Waals surface area (Å²) in [6.45, 7) is 9.55. The standard InChI is InChI=1S/C34H38F2O6/c1-20-14-27(41-25-10-12-39-13-11-25)15-21(2)33(20)23-6-5-7-30(22(3)34(36)29(35)16-23)42-26-8-9-28-24(17-32(37)38-4)19-40-31(28)18-26/h8-9,14-16,18,24-25,30H,3,5-7,10-13,17,19H2,1-2,4H3/b23-16+,34-29-/t24-,30-/m1/s1. The zero-order valence-corrected chi connectivity index (χ0v) is 24.5. The van der Waals surface area contributed by atoms with Gasteiger partial charge in [0.25, 0.3) is 0 Å². The van der Waals surface area contributed by atoms with Gasteiger partial charge in [0.1, 0.15) is 29.5 Å². The van der Waals surface area contributed by atoms with E-state index in [1.54, 1.807) is 12.1 Å². The molecule has 0 radical (unpaired) electrons. The fourth-order valence-electron chi connectivity index (χ4n) is 6.00. The van der Waals surface area contributed by atoms with Crippen LogP contribution in [0.25, 0.3) is 5.57 Å². The molecule has 0 N–H and O–H groups in total. The van der Waals surface area contributed by atoms with Crippen LogP contribution in [-0.2, 0) is 14.3 Å². The Morgan fingerprint density at radius 3 is 2.48 bits per heavy atom. The van der Waals surface area contributed by atoms with Crippen LogP contribution in [0.2, 0.25) is 0 Å². The third kappa shape index (κ3) is 6.70. The fraction of sp³-hybridized carbons (Fsp3) is 0.441. The Balaban J connectivity index is 1.31. The van der Waals surface area contributed by atoms with Gasteiger partial charge in [-0.1, -0.05) is 12.6 Å². The molecule has 2 aliphatic heterocycles. The molecule has 0 bridgehead atoms. The Bertz CT molecular complexity index is 1380. The summed E-state index contributed by atoms with van der Waals surface area (Å²) in [5.74, 6) is -0.527. The van der Waals surface area contributed by atoms with Gasteiger partial charge < -0.3 is 23.7 Å². The third-order valence-electron chi connectivity index (χ3n) is 8.18. The highest BCUT2D eigenvalue weighted by molar-refractivity contribution is 5.74. The molecule has 1 saturated heterocycles. The van der Waals surface area contributed by atoms with Gasteiger partial charge in [0.05, 0.1) is 33.4 Å². The lowest BCUT2D eigenvalue weighted by atomic mass is 9.91. The van der Waals surface area contributed by atoms with E-state index < -0.39 is 17.8 Å². The Kier molecular flexibility index (Phi) is 9.31. The molecule has 0 saturated carbocycles. The number of benzene rings is 2. The molecule has 0 spiro atoms. The maximum atomic E-state index is 15.4. The van der Waals surface area contributed by atoms with Crippen molar-refractivity contribution in [3.63, 3.8) is 0 Å². The quantitative estimate of drug-likeness (QED) is 0.314. The normalized spacial score (nSPS) is 24.4. The van der Waals surface area contributed by atoms with Crippen LogP contribution in [0.5, 0.6) is 17.2 Å². The van der Waals surface area contributed by atoms with Crippen molar-refractivity contribution in [2.24, 2.45) is 0 Å². The number of esters is 1. The van der Waals surface area contributed by atoms with Gasteiger partial charge in [-0.25, -0.2) is 8.78 Å². The fourth-order valence-corrected chi connectivity index (χ4v) is 6.00. The van der Waals surface area contributed by atoms with E-state index in [4.69, 9.17) is 23.7 Å². The predicted octanol–water partition coefficient (Wildman–Crippen LogP) is 7.62. The molecule has 5 rings (SSSR count). The van der Waals surface area contributed by atoms with Gasteiger partial charge in [-0.15, -0.1) is 0 Å². The molecule has 0 unspecified atom stereocenters. The first kappa shape index (κ1) is 29.8. The van der Waals surface area contributed by atoms with Crippen molar-refractivity contribution < 1.29 is 37.3 Å². The summed E-state index contributed by atoms with van der Waals surface area (Å²) in [6.07, 6.45) is 4.19. The van der Waals surface area contributed by atoms with E-state index in [0.717, 1.165) is 46.4 Å². The average molecular weight is 581 g/mol. The topological polar surface area (TPSA) is 63.2 Å². The first-order valence-corrected chi connectivity index (χ1v) is 14.5. The van der Waals surface area contributed by atoms with Crippen LogP contribution in [0.4, 0.5) is 8.78 Å². The van der Waals surface area contributed by atoms with Crippen molar-refractivity contribution in [3.8, 4) is 17.2 Å². The smallest absolute Gasteiger partial charge is 0.306 e. The Morgan fingerprint density at radius 1 is 1.02 bits per heavy atom. The molecule has 1 fully saturated rings. The molecule has 2 atom stereocenters. The molecule has 0 amide bonds. The number of allylic oxidation sites excluding steroid dienone is 3. The van der Waals surface area contributed by atoms with E-state index in [-0.39, 0.29) is 30.0 Å². The Morgan fingerprint density at radius 2 is 1.76 bits per heavy atom. The van der Waals surface area contributed by atoms with Gasteiger partial charge in [-0.05, 0) is 79.6 Å². The van der Waals surface area contributed by atoms with Gasteiger partial charge in [0.15, 0.2) is 11.7 Å². The highest BCUT2D eigenvalue weighted by atomic mass is 19.2. The average Bonchev–Trinajstić information content (AvgIpc) is 3.38. The lowest BCUT2D eigenvalue weighted by Crippen LogP contribution is -2.25. The molecule has 2 aromatic rings. The summed E-state index contributed by atoms with van der Waals surface area (Å²) in [5, 5.41) is 0. The van der Waals surface area contributed by atoms with Gasteiger partial charge in [-0.3, -0.25) is 4.79 Å². The van der Waals surface area contributed by atoms with E-state index in [2.05, 4.69) is 6.58 Å². The van der Waals surface area contributed by atoms with Gasteiger partial charge in [-0.2, -0.15) is 0 Å². The monoisotopic (exact) mass is 580 g/mol. The van der Waals surface area contributed by atoms with Crippen molar-refractivity contribution in [2.45, 2.75) is 70.5 Å². The van der Waals surface area contributed by atoms with Crippen LogP contribution in [0.3, 0.4) is 0 Å². The second-order valence-corrected chi connectivity index (χ2v) is 11.2. The summed E-state index contributed by atoms with van der Waals surface area (Å²) in [7, 11) is 1.36. The molecular formula is C34H38F2O6. The number of hydrogen-bond acceptors (Lipinski definition) is 6. The SMILES string of the molecule is C=C1/C(F)=C(F)\C=C(\c2c(C)cc(OC3CCOCC3)cc2C)CCC[C@H]1Oc1ccc2c(c1)OC[C@H]2CC(=O)OC. The van der Waals surface area contributed by atoms with Crippen molar-refractivity contribution >= 4 is 11.5 Å². The number of carbonyl (C=O) groups excluding carboxylic acids is 1. The zero-order chi connectivity index (χ0) is 29.8. The summed E-state index contributed by atoms with van der Waals surface area (Å²) in [6, 6.07) is 9.27. The van der Waals surface area contributed by atoms with Crippen LogP contribution in [-0.4, -0.2) is 45.1 Å². The molecule has 2 aromatic carbocycles. The predicted molar refractivity (Wildman–Crippen MR) is 156 cm³/mol. The molecule has 0 aromatic heterocycles. The summed E-state index contributed by atoms with van der Waals surface area (Å²) in [4.78, 5) is 11.7. The Hall–Kier alpha value is -3.65. The molecule has 8 heteroatoms. The summed E-state index contributed by atoms with van der Waals surface area (Å²) in [5.41, 5.74) is 4.38. The van der Waals surface area contributed by atoms with Crippen molar-refractivity contribution in [1.82, 2.24) is 0 Å². The van der Waals surface area contributed by atoms with Gasteiger partial charge in [0.2, 0.25) is 0 Å². The van der Waals surface area contributed by atoms with Gasteiger partial charge in [0, 0.05) is 36.0 Å². The number of aryl methyl sites for hydroxylation is 2. The van der Waals surface area contributed by atoms with Crippen molar-refractivity contribution in [3.05, 3.63) is 82.5 Å². The number of carbonyl (C=O) groups is 1. The molecular weight excluding hydrogens is 542 g/mol. The number of rotatable bonds is 7. The first-order valence-electron chi connectivity index (χ1n) is 14.5. The molecule has 6 nitrogen and oxygen atoms in total. The number of halogens is 2. The van der Waals surface area contributed by atoms with Crippen LogP contribution in [0.15, 0.2) is 60.2 Å². The first-order chi connectivity index (χ1) is 20.2. The largest absolute Gasteiger partial charge is 0.492 e. The number of methoxy groups -OCH3 is 1. The highest BCUT2D eigenvalue weighted by Crippen LogP contribution is 2.40. The number of hydrogen-bond donors (Lipinski definition) is 0. The van der Waals surface area contributed by atoms with E-state index in [0.29, 0.717) is 50.6 Å². The van der Waals surface area contributed by atoms with Gasteiger partial charge >= 0.3 is 5.97 Å². The van der Waals surface area contributed by atoms with E-state index in [1.165, 1.54) is 13.2 Å². The van der Waals surface area contributed by atoms with Crippen molar-refractivity contribution in [1.29, 1.82) is 0 Å². The second kappa shape index (κ2) is 13.1. The summed E-state index contributed by atoms with van der Waals surface area (Å²) >= 11 is 0. The molecule has 3 aliphatic rings. The summed E-state index contributed by atoms with van der Waals surface area (Å²) < 4.78 is 59.0. The van der Waals surface area contributed by atoms with Crippen LogP contribution in [0.1, 0.15) is 66.7 Å². The molecule has 1 aliphatic carbocycles. The molecule has 2 heterocycles. The minimum absolute atomic E-state index is 0.0383. The van der Waals surface area contributed by atoms with E-state index in [1.807, 2.05) is 32.0 Å². The maximum absolute atomic E-state index is 15.4. The zero-order valence-electron chi connectivity index (χ0n) is 24.5. The van der Waals surface area contributed by atoms with Crippen molar-refractivity contribution in [2.75, 3.05) is 26.9 Å². The maximum Gasteiger partial charge on any atom is 0.306 e. The number of fused-ring (bicyclic) bond motifs is 1. The third-order valence-corrected chi connectivity index (χ3v) is 8.18. The van der Waals surface area contributed by atoms with Crippen LogP contribution >= 0.6 is 0 Å². The highest BCUT2D eigenvalue weighted by Gasteiger charge is 2.29. The van der Waals surface area contributed by atoms with Crippen LogP contribution < -0.4 is 14.2 Å². The van der Waals surface area contributed by atoms with E-state index in [9.17, 15) is 4.79 Å².